The van der Waals surface area contributed by atoms with Gasteiger partial charge in [-0.25, -0.2) is 0 Å². The summed E-state index contributed by atoms with van der Waals surface area (Å²) in [5.74, 6) is -0.952. The lowest BCUT2D eigenvalue weighted by molar-refractivity contribution is -0.158. The Bertz CT molecular complexity index is 1730. The van der Waals surface area contributed by atoms with Crippen LogP contribution in [0.15, 0.2) is 111 Å². The molecule has 0 saturated carbocycles. The first kappa shape index (κ1) is 27.9. The fourth-order valence-corrected chi connectivity index (χ4v) is 9.94. The fraction of sp³-hybridized carbons (Fsp3) is 0.242. The molecule has 3 aromatic carbocycles. The minimum atomic E-state index is -2.86. The van der Waals surface area contributed by atoms with Crippen molar-refractivity contribution in [2.45, 2.75) is 33.0 Å². The van der Waals surface area contributed by atoms with E-state index in [1.165, 1.54) is 0 Å². The summed E-state index contributed by atoms with van der Waals surface area (Å²) < 4.78 is 17.8. The number of fused-ring (bicyclic) bond motifs is 3. The van der Waals surface area contributed by atoms with E-state index in [0.717, 1.165) is 15.9 Å². The topological polar surface area (TPSA) is 114 Å². The zero-order chi connectivity index (χ0) is 29.5. The number of esters is 1. The molecule has 8 nitrogen and oxygen atoms in total. The van der Waals surface area contributed by atoms with E-state index in [9.17, 15) is 14.4 Å². The number of H-pyrrole nitrogens is 2. The number of aromatic amines is 2. The molecule has 0 spiro atoms. The summed E-state index contributed by atoms with van der Waals surface area (Å²) in [7, 11) is -2.86. The number of benzene rings is 3. The van der Waals surface area contributed by atoms with Crippen LogP contribution in [0.1, 0.15) is 38.0 Å². The van der Waals surface area contributed by atoms with Gasteiger partial charge in [-0.05, 0) is 19.9 Å². The second kappa shape index (κ2) is 10.9. The van der Waals surface area contributed by atoms with Crippen LogP contribution in [-0.4, -0.2) is 28.9 Å². The predicted molar refractivity (Wildman–Crippen MR) is 165 cm³/mol. The van der Waals surface area contributed by atoms with Crippen molar-refractivity contribution in [2.75, 3.05) is 6.61 Å². The molecule has 1 aliphatic heterocycles. The van der Waals surface area contributed by atoms with Crippen LogP contribution in [0.4, 0.5) is 0 Å². The zero-order valence-electron chi connectivity index (χ0n) is 23.6. The minimum absolute atomic E-state index is 0.116. The SMILES string of the molecule is CCOC(=O)C12C(N=P(c3ccccc3)(c3ccccc3)c3ccccc3)=Cc3c(c(=O)[nH][nH]c3=O)C1OC(C)C2C. The number of nitrogens with one attached hydrogen (secondary N) is 2. The summed E-state index contributed by atoms with van der Waals surface area (Å²) >= 11 is 0. The lowest BCUT2D eigenvalue weighted by Gasteiger charge is -2.40. The molecule has 4 aromatic rings. The number of nitrogens with zero attached hydrogens (tertiary/aromatic N) is 1. The lowest BCUT2D eigenvalue weighted by Crippen LogP contribution is -2.47. The summed E-state index contributed by atoms with van der Waals surface area (Å²) in [6, 6.07) is 30.1. The molecule has 2 heterocycles. The number of rotatable bonds is 6. The van der Waals surface area contributed by atoms with E-state index >= 15 is 0 Å². The Balaban J connectivity index is 1.83. The first-order chi connectivity index (χ1) is 20.4. The van der Waals surface area contributed by atoms with Gasteiger partial charge in [-0.3, -0.25) is 29.3 Å². The van der Waals surface area contributed by atoms with Gasteiger partial charge < -0.3 is 9.47 Å². The molecule has 4 unspecified atom stereocenters. The second-order valence-electron chi connectivity index (χ2n) is 10.6. The quantitative estimate of drug-likeness (QED) is 0.261. The Morgan fingerprint density at radius 3 is 1.86 bits per heavy atom. The summed E-state index contributed by atoms with van der Waals surface area (Å²) in [6.07, 6.45) is 0.120. The Hall–Kier alpha value is -4.26. The van der Waals surface area contributed by atoms with Gasteiger partial charge in [0, 0.05) is 21.8 Å². The third kappa shape index (κ3) is 4.09. The molecule has 2 N–H and O–H groups in total. The molecule has 1 aromatic heterocycles. The number of hydrogen-bond acceptors (Lipinski definition) is 6. The van der Waals surface area contributed by atoms with Crippen molar-refractivity contribution < 1.29 is 14.3 Å². The van der Waals surface area contributed by atoms with Crippen molar-refractivity contribution in [1.29, 1.82) is 0 Å². The fourth-order valence-electron chi connectivity index (χ4n) is 6.34. The average molecular weight is 582 g/mol. The minimum Gasteiger partial charge on any atom is -0.465 e. The van der Waals surface area contributed by atoms with E-state index in [4.69, 9.17) is 14.2 Å². The first-order valence-corrected chi connectivity index (χ1v) is 15.8. The molecule has 4 atom stereocenters. The van der Waals surface area contributed by atoms with Crippen LogP contribution in [0, 0.1) is 11.3 Å². The molecule has 1 fully saturated rings. The van der Waals surface area contributed by atoms with Crippen molar-refractivity contribution in [3.63, 3.8) is 0 Å². The van der Waals surface area contributed by atoms with Crippen molar-refractivity contribution in [3.8, 4) is 0 Å². The molecular weight excluding hydrogens is 549 g/mol. The van der Waals surface area contributed by atoms with Gasteiger partial charge in [-0.1, -0.05) is 97.9 Å². The van der Waals surface area contributed by atoms with Crippen LogP contribution >= 0.6 is 7.05 Å². The second-order valence-corrected chi connectivity index (χ2v) is 13.6. The number of aromatic nitrogens is 2. The maximum atomic E-state index is 14.3. The number of carbonyl (C=O) groups excluding carboxylic acids is 1. The lowest BCUT2D eigenvalue weighted by atomic mass is 9.65. The maximum absolute atomic E-state index is 14.3. The molecule has 1 saturated heterocycles. The van der Waals surface area contributed by atoms with Crippen molar-refractivity contribution in [2.24, 2.45) is 16.1 Å². The third-order valence-corrected chi connectivity index (χ3v) is 12.1. The molecule has 214 valence electrons. The van der Waals surface area contributed by atoms with Gasteiger partial charge in [0.2, 0.25) is 0 Å². The van der Waals surface area contributed by atoms with Crippen LogP contribution in [0.25, 0.3) is 6.08 Å². The maximum Gasteiger partial charge on any atom is 0.321 e. The van der Waals surface area contributed by atoms with Crippen molar-refractivity contribution in [3.05, 3.63) is 129 Å². The predicted octanol–water partition coefficient (Wildman–Crippen LogP) is 4.24. The van der Waals surface area contributed by atoms with E-state index in [2.05, 4.69) is 46.6 Å². The van der Waals surface area contributed by atoms with Gasteiger partial charge in [-0.2, -0.15) is 0 Å². The van der Waals surface area contributed by atoms with Crippen LogP contribution in [0.5, 0.6) is 0 Å². The normalized spacial score (nSPS) is 22.9. The molecule has 1 aliphatic carbocycles. The molecule has 0 amide bonds. The van der Waals surface area contributed by atoms with E-state index < -0.39 is 47.7 Å². The average Bonchev–Trinajstić information content (AvgIpc) is 3.30. The van der Waals surface area contributed by atoms with E-state index in [1.807, 2.05) is 68.4 Å². The number of ether oxygens (including phenoxy) is 2. The van der Waals surface area contributed by atoms with E-state index in [1.54, 1.807) is 13.0 Å². The summed E-state index contributed by atoms with van der Waals surface area (Å²) in [6.45, 7) is 5.68. The molecule has 9 heteroatoms. The molecule has 2 aliphatic rings. The Labute approximate surface area is 243 Å². The smallest absolute Gasteiger partial charge is 0.321 e. The monoisotopic (exact) mass is 581 g/mol. The van der Waals surface area contributed by atoms with Crippen LogP contribution in [-0.2, 0) is 14.3 Å². The largest absolute Gasteiger partial charge is 0.465 e. The molecule has 0 radical (unpaired) electrons. The van der Waals surface area contributed by atoms with Gasteiger partial charge >= 0.3 is 5.97 Å². The highest BCUT2D eigenvalue weighted by atomic mass is 31.2. The van der Waals surface area contributed by atoms with Crippen molar-refractivity contribution >= 4 is 35.0 Å². The summed E-state index contributed by atoms with van der Waals surface area (Å²) in [5.41, 5.74) is -1.85. The highest BCUT2D eigenvalue weighted by Gasteiger charge is 2.65. The van der Waals surface area contributed by atoms with Gasteiger partial charge in [0.05, 0.1) is 36.6 Å². The highest BCUT2D eigenvalue weighted by Crippen LogP contribution is 2.62. The Kier molecular flexibility index (Phi) is 7.21. The third-order valence-electron chi connectivity index (χ3n) is 8.48. The standard InChI is InChI=1S/C33H32N3O5P/c1-4-40-32(39)33-21(2)22(3)41-29(33)28-26(30(37)34-35-31(28)38)20-27(33)36-42(23-14-8-5-9-15-23,24-16-10-6-11-17-24)25-18-12-7-13-19-25/h5-22,29H,4H2,1-3H3,(H,34,37)(H,35,38). The van der Waals surface area contributed by atoms with Gasteiger partial charge in [0.15, 0.2) is 0 Å². The Morgan fingerprint density at radius 2 is 1.36 bits per heavy atom. The van der Waals surface area contributed by atoms with E-state index in [-0.39, 0.29) is 17.7 Å². The van der Waals surface area contributed by atoms with Crippen molar-refractivity contribution in [1.82, 2.24) is 10.2 Å². The van der Waals surface area contributed by atoms with Crippen LogP contribution in [0.2, 0.25) is 0 Å². The number of hydrogen-bond donors (Lipinski definition) is 2. The Morgan fingerprint density at radius 1 is 0.857 bits per heavy atom. The van der Waals surface area contributed by atoms with Gasteiger partial charge in [0.25, 0.3) is 11.1 Å². The van der Waals surface area contributed by atoms with Crippen LogP contribution < -0.4 is 27.0 Å². The summed E-state index contributed by atoms with van der Waals surface area (Å²) in [5, 5.41) is 7.78. The zero-order valence-corrected chi connectivity index (χ0v) is 24.5. The molecule has 42 heavy (non-hydrogen) atoms. The summed E-state index contributed by atoms with van der Waals surface area (Å²) in [4.78, 5) is 40.7. The molecule has 0 bridgehead atoms. The molecule has 6 rings (SSSR count). The molecular formula is C33H32N3O5P. The van der Waals surface area contributed by atoms with E-state index in [0.29, 0.717) is 5.70 Å². The van der Waals surface area contributed by atoms with Gasteiger partial charge in [-0.15, -0.1) is 0 Å². The highest BCUT2D eigenvalue weighted by molar-refractivity contribution is 7.87. The van der Waals surface area contributed by atoms with Crippen LogP contribution in [0.3, 0.4) is 0 Å². The number of carbonyl (C=O) groups is 1. The first-order valence-electron chi connectivity index (χ1n) is 14.0. The van der Waals surface area contributed by atoms with Gasteiger partial charge in [0.1, 0.15) is 11.5 Å².